The smallest absolute Gasteiger partial charge is 0.226 e. The Balaban J connectivity index is 2.07. The van der Waals surface area contributed by atoms with E-state index in [-0.39, 0.29) is 30.7 Å². The molecule has 2 aromatic rings. The maximum atomic E-state index is 12.6. The Morgan fingerprint density at radius 3 is 1.93 bits per heavy atom. The minimum atomic E-state index is -0.156. The predicted molar refractivity (Wildman–Crippen MR) is 117 cm³/mol. The molecule has 0 saturated carbocycles. The van der Waals surface area contributed by atoms with E-state index < -0.39 is 0 Å². The summed E-state index contributed by atoms with van der Waals surface area (Å²) in [7, 11) is 0. The summed E-state index contributed by atoms with van der Waals surface area (Å²) in [5, 5.41) is 5.73. The standard InChI is InChI=1S/C23H29N3O3/c1-5-18-8-7-9-19(6-2)23(18)25-22(29)14-15-26(17(4)28)21-12-10-20(11-13-21)24-16(3)27/h7-13H,5-6,14-15H2,1-4H3,(H,24,27)(H,25,29). The van der Waals surface area contributed by atoms with Crippen LogP contribution >= 0.6 is 0 Å². The summed E-state index contributed by atoms with van der Waals surface area (Å²) in [6.07, 6.45) is 1.86. The quantitative estimate of drug-likeness (QED) is 0.705. The lowest BCUT2D eigenvalue weighted by Gasteiger charge is -2.22. The highest BCUT2D eigenvalue weighted by molar-refractivity contribution is 5.96. The molecule has 3 amide bonds. The van der Waals surface area contributed by atoms with E-state index in [2.05, 4.69) is 24.5 Å². The molecule has 0 aliphatic carbocycles. The summed E-state index contributed by atoms with van der Waals surface area (Å²) < 4.78 is 0. The first-order valence-corrected chi connectivity index (χ1v) is 9.92. The van der Waals surface area contributed by atoms with Gasteiger partial charge in [0.05, 0.1) is 0 Å². The molecule has 0 fully saturated rings. The van der Waals surface area contributed by atoms with Crippen molar-refractivity contribution >= 4 is 34.8 Å². The van der Waals surface area contributed by atoms with E-state index in [1.807, 2.05) is 18.2 Å². The van der Waals surface area contributed by atoms with E-state index in [1.165, 1.54) is 13.8 Å². The van der Waals surface area contributed by atoms with Crippen molar-refractivity contribution in [2.24, 2.45) is 0 Å². The highest BCUT2D eigenvalue weighted by atomic mass is 16.2. The first-order valence-electron chi connectivity index (χ1n) is 9.92. The van der Waals surface area contributed by atoms with E-state index in [9.17, 15) is 14.4 Å². The number of benzene rings is 2. The van der Waals surface area contributed by atoms with Gasteiger partial charge in [0.15, 0.2) is 0 Å². The molecule has 2 N–H and O–H groups in total. The molecule has 0 unspecified atom stereocenters. The summed E-state index contributed by atoms with van der Waals surface area (Å²) in [5.74, 6) is -0.424. The van der Waals surface area contributed by atoms with Crippen LogP contribution in [0.1, 0.15) is 45.2 Å². The van der Waals surface area contributed by atoms with Gasteiger partial charge in [0, 0.05) is 43.9 Å². The molecule has 0 aliphatic rings. The second-order valence-corrected chi connectivity index (χ2v) is 6.86. The van der Waals surface area contributed by atoms with Gasteiger partial charge in [-0.25, -0.2) is 0 Å². The number of para-hydroxylation sites is 1. The molecule has 0 atom stereocenters. The molecule has 0 spiro atoms. The summed E-state index contributed by atoms with van der Waals surface area (Å²) in [6, 6.07) is 13.0. The zero-order valence-electron chi connectivity index (χ0n) is 17.5. The van der Waals surface area contributed by atoms with Crippen LogP contribution in [0.5, 0.6) is 0 Å². The Bertz CT molecular complexity index is 853. The van der Waals surface area contributed by atoms with Crippen molar-refractivity contribution in [3.05, 3.63) is 53.6 Å². The van der Waals surface area contributed by atoms with E-state index in [4.69, 9.17) is 0 Å². The van der Waals surface area contributed by atoms with Gasteiger partial charge >= 0.3 is 0 Å². The molecule has 6 nitrogen and oxygen atoms in total. The number of nitrogens with one attached hydrogen (secondary N) is 2. The maximum absolute atomic E-state index is 12.6. The van der Waals surface area contributed by atoms with Crippen LogP contribution in [0.2, 0.25) is 0 Å². The van der Waals surface area contributed by atoms with E-state index in [0.717, 1.165) is 29.7 Å². The molecule has 0 saturated heterocycles. The third kappa shape index (κ3) is 6.17. The van der Waals surface area contributed by atoms with Gasteiger partial charge in [-0.05, 0) is 48.2 Å². The average Bonchev–Trinajstić information content (AvgIpc) is 2.68. The number of nitrogens with zero attached hydrogens (tertiary/aromatic N) is 1. The molecule has 2 aromatic carbocycles. The van der Waals surface area contributed by atoms with Crippen LogP contribution in [0, 0.1) is 0 Å². The second-order valence-electron chi connectivity index (χ2n) is 6.86. The SMILES string of the molecule is CCc1cccc(CC)c1NC(=O)CCN(C(C)=O)c1ccc(NC(C)=O)cc1. The van der Waals surface area contributed by atoms with Crippen molar-refractivity contribution in [2.75, 3.05) is 22.1 Å². The number of amides is 3. The number of rotatable bonds is 8. The molecular weight excluding hydrogens is 366 g/mol. The lowest BCUT2D eigenvalue weighted by molar-refractivity contribution is -0.117. The molecule has 0 heterocycles. The number of carbonyl (C=O) groups is 3. The van der Waals surface area contributed by atoms with Crippen LogP contribution < -0.4 is 15.5 Å². The van der Waals surface area contributed by atoms with E-state index in [0.29, 0.717) is 11.4 Å². The van der Waals surface area contributed by atoms with Crippen LogP contribution in [0.4, 0.5) is 17.1 Å². The summed E-state index contributed by atoms with van der Waals surface area (Å²) in [5.41, 5.74) is 4.44. The van der Waals surface area contributed by atoms with Crippen molar-refractivity contribution in [1.82, 2.24) is 0 Å². The maximum Gasteiger partial charge on any atom is 0.226 e. The van der Waals surface area contributed by atoms with Gasteiger partial charge in [0.1, 0.15) is 0 Å². The highest BCUT2D eigenvalue weighted by Crippen LogP contribution is 2.23. The van der Waals surface area contributed by atoms with Gasteiger partial charge in [-0.3, -0.25) is 14.4 Å². The molecular formula is C23H29N3O3. The number of aryl methyl sites for hydroxylation is 2. The van der Waals surface area contributed by atoms with Gasteiger partial charge in [-0.15, -0.1) is 0 Å². The first-order chi connectivity index (χ1) is 13.8. The topological polar surface area (TPSA) is 78.5 Å². The molecule has 0 aliphatic heterocycles. The molecule has 29 heavy (non-hydrogen) atoms. The Hall–Kier alpha value is -3.15. The van der Waals surface area contributed by atoms with Gasteiger partial charge in [-0.2, -0.15) is 0 Å². The van der Waals surface area contributed by atoms with Crippen molar-refractivity contribution in [3.8, 4) is 0 Å². The van der Waals surface area contributed by atoms with E-state index in [1.54, 1.807) is 29.2 Å². The molecule has 6 heteroatoms. The fraction of sp³-hybridized carbons (Fsp3) is 0.348. The van der Waals surface area contributed by atoms with Crippen LogP contribution in [-0.4, -0.2) is 24.3 Å². The largest absolute Gasteiger partial charge is 0.326 e. The first kappa shape index (κ1) is 22.1. The number of carbonyl (C=O) groups excluding carboxylic acids is 3. The zero-order valence-corrected chi connectivity index (χ0v) is 17.5. The Morgan fingerprint density at radius 2 is 1.45 bits per heavy atom. The van der Waals surface area contributed by atoms with Gasteiger partial charge in [-0.1, -0.05) is 32.0 Å². The van der Waals surface area contributed by atoms with Crippen molar-refractivity contribution < 1.29 is 14.4 Å². The number of anilines is 3. The Labute approximate surface area is 172 Å². The molecule has 0 bridgehead atoms. The molecule has 154 valence electrons. The summed E-state index contributed by atoms with van der Waals surface area (Å²) >= 11 is 0. The van der Waals surface area contributed by atoms with Crippen molar-refractivity contribution in [1.29, 1.82) is 0 Å². The van der Waals surface area contributed by atoms with Gasteiger partial charge in [0.2, 0.25) is 17.7 Å². The van der Waals surface area contributed by atoms with Crippen LogP contribution in [0.3, 0.4) is 0 Å². The van der Waals surface area contributed by atoms with Crippen LogP contribution in [0.15, 0.2) is 42.5 Å². The van der Waals surface area contributed by atoms with Crippen LogP contribution in [0.25, 0.3) is 0 Å². The minimum Gasteiger partial charge on any atom is -0.326 e. The van der Waals surface area contributed by atoms with Crippen LogP contribution in [-0.2, 0) is 27.2 Å². The van der Waals surface area contributed by atoms with Gasteiger partial charge in [0.25, 0.3) is 0 Å². The van der Waals surface area contributed by atoms with Crippen molar-refractivity contribution in [3.63, 3.8) is 0 Å². The fourth-order valence-corrected chi connectivity index (χ4v) is 3.21. The monoisotopic (exact) mass is 395 g/mol. The fourth-order valence-electron chi connectivity index (χ4n) is 3.21. The zero-order chi connectivity index (χ0) is 21.4. The Kier molecular flexibility index (Phi) is 7.95. The van der Waals surface area contributed by atoms with E-state index >= 15 is 0 Å². The second kappa shape index (κ2) is 10.4. The third-order valence-corrected chi connectivity index (χ3v) is 4.71. The summed E-state index contributed by atoms with van der Waals surface area (Å²) in [4.78, 5) is 37.4. The predicted octanol–water partition coefficient (Wildman–Crippen LogP) is 4.15. The molecule has 0 radical (unpaired) electrons. The molecule has 0 aromatic heterocycles. The third-order valence-electron chi connectivity index (χ3n) is 4.71. The normalized spacial score (nSPS) is 10.3. The lowest BCUT2D eigenvalue weighted by atomic mass is 10.0. The molecule has 2 rings (SSSR count). The highest BCUT2D eigenvalue weighted by Gasteiger charge is 2.15. The number of hydrogen-bond donors (Lipinski definition) is 2. The van der Waals surface area contributed by atoms with Crippen molar-refractivity contribution in [2.45, 2.75) is 47.0 Å². The lowest BCUT2D eigenvalue weighted by Crippen LogP contribution is -2.32. The average molecular weight is 396 g/mol. The summed E-state index contributed by atoms with van der Waals surface area (Å²) in [6.45, 7) is 7.31. The Morgan fingerprint density at radius 1 is 0.862 bits per heavy atom. The number of hydrogen-bond acceptors (Lipinski definition) is 3. The van der Waals surface area contributed by atoms with Gasteiger partial charge < -0.3 is 15.5 Å². The minimum absolute atomic E-state index is 0.123.